The van der Waals surface area contributed by atoms with Crippen LogP contribution >= 0.6 is 0 Å². The molecule has 62 heavy (non-hydrogen) atoms. The molecule has 308 valence electrons. The van der Waals surface area contributed by atoms with Gasteiger partial charge in [0.2, 0.25) is 0 Å². The Labute approximate surface area is 359 Å². The number of benzene rings is 2. The van der Waals surface area contributed by atoms with Gasteiger partial charge >= 0.3 is 6.03 Å². The molecule has 0 spiro atoms. The maximum atomic E-state index is 13.6. The number of carbonyl (C=O) groups excluding carboxylic acids is 1. The van der Waals surface area contributed by atoms with Crippen molar-refractivity contribution < 1.29 is 4.79 Å². The summed E-state index contributed by atoms with van der Waals surface area (Å²) in [6, 6.07) is 32.5. The van der Waals surface area contributed by atoms with Crippen LogP contribution in [0.2, 0.25) is 0 Å². The molecule has 2 saturated heterocycles. The van der Waals surface area contributed by atoms with Gasteiger partial charge in [0.05, 0.1) is 34.5 Å². The van der Waals surface area contributed by atoms with E-state index in [0.29, 0.717) is 11.9 Å². The molecule has 13 nitrogen and oxygen atoms in total. The molecule has 4 aliphatic rings. The lowest BCUT2D eigenvalue weighted by Crippen LogP contribution is -2.48. The lowest BCUT2D eigenvalue weighted by Gasteiger charge is -2.36. The van der Waals surface area contributed by atoms with Gasteiger partial charge in [-0.1, -0.05) is 24.3 Å². The SMILES string of the molecule is Cc1ccc(-c2ccc3c(n2)N(C(=O)Nc2cccc4cnccc24)[C@H]2CCN3C2)cn1.Cc1ccc(-c2ccc3c(n2)N[C@H]2CCN3C2)cn1.Nc1cccc2cnccc12. The maximum absolute atomic E-state index is 13.6. The van der Waals surface area contributed by atoms with Crippen LogP contribution in [0.1, 0.15) is 24.2 Å². The van der Waals surface area contributed by atoms with Crippen LogP contribution in [-0.4, -0.2) is 74.2 Å². The highest BCUT2D eigenvalue weighted by Gasteiger charge is 2.40. The van der Waals surface area contributed by atoms with E-state index in [1.54, 1.807) is 18.6 Å². The number of anilines is 6. The van der Waals surface area contributed by atoms with Gasteiger partial charge < -0.3 is 26.2 Å². The van der Waals surface area contributed by atoms with E-state index < -0.39 is 0 Å². The molecule has 2 amide bonds. The van der Waals surface area contributed by atoms with Crippen LogP contribution in [-0.2, 0) is 0 Å². The number of carbonyl (C=O) groups is 1. The molecule has 4 aliphatic heterocycles. The number of aryl methyl sites for hydroxylation is 2. The van der Waals surface area contributed by atoms with Gasteiger partial charge in [0.1, 0.15) is 0 Å². The van der Waals surface area contributed by atoms with Gasteiger partial charge in [0.25, 0.3) is 0 Å². The minimum atomic E-state index is -0.159. The standard InChI is InChI=1S/C25H22N6O.C15H16N4.C9H8N2/c1-16-5-6-18(14-27-16)21-7-8-23-24(28-21)31(19-10-12-30(23)15-19)25(32)29-22-4-2-3-17-13-26-11-9-20(17)22;1-10-2-3-11(8-16-10)13-4-5-14-15(18-13)17-12-6-7-19(14)9-12;10-9-3-1-2-7-6-11-5-4-8(7)9/h2-9,11,13-14,19H,10,12,15H2,1H3,(H,29,32);2-5,8,12H,6-7,9H2,1H3,(H,17,18);1-6H,10H2/t19-;12-;/m00./s1. The maximum Gasteiger partial charge on any atom is 0.327 e. The van der Waals surface area contributed by atoms with Crippen molar-refractivity contribution in [2.45, 2.75) is 38.8 Å². The fourth-order valence-corrected chi connectivity index (χ4v) is 8.69. The minimum Gasteiger partial charge on any atom is -0.398 e. The van der Waals surface area contributed by atoms with Crippen LogP contribution in [0.25, 0.3) is 44.1 Å². The largest absolute Gasteiger partial charge is 0.398 e. The highest BCUT2D eigenvalue weighted by atomic mass is 16.2. The Balaban J connectivity index is 0.000000128. The van der Waals surface area contributed by atoms with Crippen LogP contribution < -0.4 is 31.1 Å². The van der Waals surface area contributed by atoms with Crippen molar-refractivity contribution in [3.05, 3.63) is 146 Å². The number of pyridine rings is 6. The minimum absolute atomic E-state index is 0.0954. The summed E-state index contributed by atoms with van der Waals surface area (Å²) in [7, 11) is 0. The smallest absolute Gasteiger partial charge is 0.327 e. The second-order valence-corrected chi connectivity index (χ2v) is 16.1. The van der Waals surface area contributed by atoms with E-state index in [-0.39, 0.29) is 12.1 Å². The molecule has 2 atom stereocenters. The topological polar surface area (TPSA) is 154 Å². The van der Waals surface area contributed by atoms with Gasteiger partial charge in [0.15, 0.2) is 11.6 Å². The van der Waals surface area contributed by atoms with E-state index >= 15 is 0 Å². The zero-order valence-electron chi connectivity index (χ0n) is 34.6. The Morgan fingerprint density at radius 2 is 1.32 bits per heavy atom. The summed E-state index contributed by atoms with van der Waals surface area (Å²) in [6.07, 6.45) is 13.0. The number of urea groups is 1. The van der Waals surface area contributed by atoms with Gasteiger partial charge in [-0.2, -0.15) is 0 Å². The van der Waals surface area contributed by atoms with E-state index in [2.05, 4.69) is 64.6 Å². The monoisotopic (exact) mass is 818 g/mol. The number of hydrogen-bond donors (Lipinski definition) is 3. The highest BCUT2D eigenvalue weighted by molar-refractivity contribution is 6.09. The van der Waals surface area contributed by atoms with E-state index in [9.17, 15) is 4.79 Å². The van der Waals surface area contributed by atoms with Crippen molar-refractivity contribution in [1.29, 1.82) is 0 Å². The van der Waals surface area contributed by atoms with Crippen molar-refractivity contribution in [2.75, 3.05) is 57.2 Å². The summed E-state index contributed by atoms with van der Waals surface area (Å²) >= 11 is 0. The summed E-state index contributed by atoms with van der Waals surface area (Å²) in [4.78, 5) is 46.8. The predicted octanol–water partition coefficient (Wildman–Crippen LogP) is 8.90. The van der Waals surface area contributed by atoms with Crippen molar-refractivity contribution >= 4 is 62.0 Å². The molecular formula is C49H46N12O. The van der Waals surface area contributed by atoms with Crippen LogP contribution in [0.3, 0.4) is 0 Å². The van der Waals surface area contributed by atoms with Gasteiger partial charge in [0, 0.05) is 119 Å². The molecule has 2 aromatic carbocycles. The molecule has 6 aromatic heterocycles. The molecule has 4 N–H and O–H groups in total. The molecule has 4 bridgehead atoms. The number of rotatable bonds is 3. The third kappa shape index (κ3) is 7.64. The molecule has 2 fully saturated rings. The number of amides is 2. The Hall–Kier alpha value is -7.67. The van der Waals surface area contributed by atoms with Crippen LogP contribution in [0.15, 0.2) is 134 Å². The summed E-state index contributed by atoms with van der Waals surface area (Å²) in [5.41, 5.74) is 15.3. The predicted molar refractivity (Wildman–Crippen MR) is 249 cm³/mol. The molecule has 13 heteroatoms. The van der Waals surface area contributed by atoms with Gasteiger partial charge in [-0.05, 0) is 99.5 Å². The molecule has 12 rings (SSSR count). The van der Waals surface area contributed by atoms with E-state index in [1.165, 1.54) is 12.1 Å². The summed E-state index contributed by atoms with van der Waals surface area (Å²) < 4.78 is 0. The van der Waals surface area contributed by atoms with Gasteiger partial charge in [-0.25, -0.2) is 14.8 Å². The van der Waals surface area contributed by atoms with Gasteiger partial charge in [-0.3, -0.25) is 24.8 Å². The highest BCUT2D eigenvalue weighted by Crippen LogP contribution is 2.41. The van der Waals surface area contributed by atoms with Crippen molar-refractivity contribution in [1.82, 2.24) is 29.9 Å². The fourth-order valence-electron chi connectivity index (χ4n) is 8.69. The van der Waals surface area contributed by atoms with Crippen molar-refractivity contribution in [3.8, 4) is 22.5 Å². The number of aromatic nitrogens is 6. The summed E-state index contributed by atoms with van der Waals surface area (Å²) in [5, 5.41) is 10.8. The van der Waals surface area contributed by atoms with E-state index in [4.69, 9.17) is 15.7 Å². The third-order valence-electron chi connectivity index (χ3n) is 12.0. The van der Waals surface area contributed by atoms with E-state index in [1.807, 2.05) is 110 Å². The second-order valence-electron chi connectivity index (χ2n) is 16.1. The van der Waals surface area contributed by atoms with E-state index in [0.717, 1.165) is 111 Å². The Bertz CT molecular complexity index is 2910. The van der Waals surface area contributed by atoms with Crippen LogP contribution in [0.5, 0.6) is 0 Å². The summed E-state index contributed by atoms with van der Waals surface area (Å²) in [5.74, 6) is 1.73. The second kappa shape index (κ2) is 16.4. The van der Waals surface area contributed by atoms with Crippen molar-refractivity contribution in [2.24, 2.45) is 0 Å². The Morgan fingerprint density at radius 1 is 0.677 bits per heavy atom. The van der Waals surface area contributed by atoms with Crippen LogP contribution in [0.4, 0.5) is 39.2 Å². The first-order valence-corrected chi connectivity index (χ1v) is 21.0. The zero-order chi connectivity index (χ0) is 42.2. The first-order chi connectivity index (χ1) is 30.3. The Morgan fingerprint density at radius 3 is 2.03 bits per heavy atom. The molecule has 0 radical (unpaired) electrons. The quantitative estimate of drug-likeness (QED) is 0.147. The Kier molecular flexibility index (Phi) is 10.2. The summed E-state index contributed by atoms with van der Waals surface area (Å²) in [6.45, 7) is 7.96. The molecule has 0 aliphatic carbocycles. The average molecular weight is 819 g/mol. The number of nitrogens with zero attached hydrogens (tertiary/aromatic N) is 9. The zero-order valence-corrected chi connectivity index (χ0v) is 34.6. The fraction of sp³-hybridized carbons (Fsp3) is 0.204. The normalized spacial score (nSPS) is 16.6. The molecule has 8 aromatic rings. The first kappa shape index (κ1) is 38.5. The third-order valence-corrected chi connectivity index (χ3v) is 12.0. The molecule has 0 unspecified atom stereocenters. The molecule has 10 heterocycles. The number of nitrogen functional groups attached to an aromatic ring is 1. The number of nitrogens with two attached hydrogens (primary N) is 1. The first-order valence-electron chi connectivity index (χ1n) is 21.0. The average Bonchev–Trinajstić information content (AvgIpc) is 3.91. The van der Waals surface area contributed by atoms with Crippen molar-refractivity contribution in [3.63, 3.8) is 0 Å². The lowest BCUT2D eigenvalue weighted by molar-refractivity contribution is 0.255. The number of hydrogen-bond acceptors (Lipinski definition) is 11. The molecular weight excluding hydrogens is 773 g/mol. The molecule has 0 saturated carbocycles. The number of nitrogens with one attached hydrogen (secondary N) is 2. The number of fused-ring (bicyclic) bond motifs is 10. The lowest BCUT2D eigenvalue weighted by atomic mass is 10.1. The van der Waals surface area contributed by atoms with Crippen LogP contribution in [0, 0.1) is 13.8 Å². The van der Waals surface area contributed by atoms with Gasteiger partial charge in [-0.15, -0.1) is 0 Å².